The van der Waals surface area contributed by atoms with Crippen molar-refractivity contribution in [2.75, 3.05) is 7.11 Å². The lowest BCUT2D eigenvalue weighted by Gasteiger charge is -2.40. The Labute approximate surface area is 111 Å². The van der Waals surface area contributed by atoms with Gasteiger partial charge in [-0.1, -0.05) is 15.9 Å². The average molecular weight is 352 g/mol. The van der Waals surface area contributed by atoms with E-state index in [9.17, 15) is 5.11 Å². The molecule has 0 amide bonds. The highest BCUT2D eigenvalue weighted by Crippen LogP contribution is 2.33. The van der Waals surface area contributed by atoms with Gasteiger partial charge in [-0.05, 0) is 34.1 Å². The molecule has 0 spiro atoms. The molecular weight excluding hydrogens is 340 g/mol. The molecule has 0 aromatic heterocycles. The fourth-order valence-electron chi connectivity index (χ4n) is 1.72. The van der Waals surface area contributed by atoms with E-state index in [1.807, 2.05) is 18.2 Å². The van der Waals surface area contributed by atoms with Crippen LogP contribution in [0.1, 0.15) is 6.42 Å². The van der Waals surface area contributed by atoms with Gasteiger partial charge in [0.15, 0.2) is 0 Å². The fourth-order valence-corrected chi connectivity index (χ4v) is 2.86. The van der Waals surface area contributed by atoms with Gasteiger partial charge in [-0.15, -0.1) is 0 Å². The summed E-state index contributed by atoms with van der Waals surface area (Å²) in [7, 11) is 1.58. The van der Waals surface area contributed by atoms with Gasteiger partial charge in [-0.2, -0.15) is 0 Å². The maximum atomic E-state index is 9.45. The molecule has 1 aromatic carbocycles. The van der Waals surface area contributed by atoms with Crippen molar-refractivity contribution in [2.24, 2.45) is 0 Å². The number of aliphatic hydroxyl groups excluding tert-OH is 1. The quantitative estimate of drug-likeness (QED) is 0.910. The second-order valence-electron chi connectivity index (χ2n) is 3.73. The topological polar surface area (TPSA) is 38.7 Å². The monoisotopic (exact) mass is 350 g/mol. The first-order valence-electron chi connectivity index (χ1n) is 4.94. The maximum absolute atomic E-state index is 9.45. The first kappa shape index (κ1) is 12.4. The van der Waals surface area contributed by atoms with Crippen LogP contribution in [0.25, 0.3) is 0 Å². The van der Waals surface area contributed by atoms with E-state index in [4.69, 9.17) is 9.47 Å². The number of aliphatic hydroxyl groups is 1. The molecule has 1 aliphatic rings. The van der Waals surface area contributed by atoms with Gasteiger partial charge in [-0.3, -0.25) is 0 Å². The third-order valence-electron chi connectivity index (χ3n) is 2.66. The second-order valence-corrected chi connectivity index (χ2v) is 5.50. The van der Waals surface area contributed by atoms with Crippen molar-refractivity contribution in [3.8, 4) is 5.75 Å². The molecule has 0 saturated heterocycles. The Hall–Kier alpha value is -0.100. The van der Waals surface area contributed by atoms with E-state index < -0.39 is 6.10 Å². The van der Waals surface area contributed by atoms with Crippen LogP contribution in [0.15, 0.2) is 27.1 Å². The van der Waals surface area contributed by atoms with Crippen LogP contribution in [-0.2, 0) is 4.74 Å². The Morgan fingerprint density at radius 3 is 2.69 bits per heavy atom. The Bertz CT molecular complexity index is 383. The van der Waals surface area contributed by atoms with Gasteiger partial charge >= 0.3 is 0 Å². The van der Waals surface area contributed by atoms with Gasteiger partial charge in [0, 0.05) is 18.0 Å². The lowest BCUT2D eigenvalue weighted by molar-refractivity contribution is -0.149. The molecule has 5 heteroatoms. The van der Waals surface area contributed by atoms with Gasteiger partial charge in [-0.25, -0.2) is 0 Å². The number of methoxy groups -OCH3 is 1. The summed E-state index contributed by atoms with van der Waals surface area (Å²) in [6, 6.07) is 5.72. The third kappa shape index (κ3) is 2.42. The zero-order valence-electron chi connectivity index (χ0n) is 8.69. The molecule has 0 bridgehead atoms. The van der Waals surface area contributed by atoms with Crippen molar-refractivity contribution in [2.45, 2.75) is 24.7 Å². The minimum Gasteiger partial charge on any atom is -0.486 e. The summed E-state index contributed by atoms with van der Waals surface area (Å²) in [5.41, 5.74) is 0. The van der Waals surface area contributed by atoms with E-state index in [0.29, 0.717) is 6.42 Å². The average Bonchev–Trinajstić information content (AvgIpc) is 2.21. The second kappa shape index (κ2) is 5.04. The van der Waals surface area contributed by atoms with Crippen LogP contribution >= 0.6 is 31.9 Å². The lowest BCUT2D eigenvalue weighted by atomic mass is 9.88. The number of benzene rings is 1. The summed E-state index contributed by atoms with van der Waals surface area (Å²) in [6.07, 6.45) is -0.0988. The van der Waals surface area contributed by atoms with Crippen LogP contribution in [0.2, 0.25) is 0 Å². The summed E-state index contributed by atoms with van der Waals surface area (Å²) in [4.78, 5) is 0. The van der Waals surface area contributed by atoms with Crippen LogP contribution in [0.3, 0.4) is 0 Å². The molecule has 16 heavy (non-hydrogen) atoms. The SMILES string of the molecule is COC1C(O)CC1Oc1ccc(Br)cc1Br. The molecular formula is C11H12Br2O3. The third-order valence-corrected chi connectivity index (χ3v) is 3.78. The Morgan fingerprint density at radius 1 is 1.38 bits per heavy atom. The van der Waals surface area contributed by atoms with Crippen LogP contribution < -0.4 is 4.74 Å². The molecule has 1 saturated carbocycles. The summed E-state index contributed by atoms with van der Waals surface area (Å²) in [6.45, 7) is 0. The minimum absolute atomic E-state index is 0.0718. The molecule has 3 atom stereocenters. The fraction of sp³-hybridized carbons (Fsp3) is 0.455. The van der Waals surface area contributed by atoms with Gasteiger partial charge in [0.1, 0.15) is 18.0 Å². The van der Waals surface area contributed by atoms with E-state index in [0.717, 1.165) is 14.7 Å². The highest BCUT2D eigenvalue weighted by atomic mass is 79.9. The Balaban J connectivity index is 2.04. The van der Waals surface area contributed by atoms with E-state index >= 15 is 0 Å². The number of hydrogen-bond acceptors (Lipinski definition) is 3. The Morgan fingerprint density at radius 2 is 2.12 bits per heavy atom. The van der Waals surface area contributed by atoms with Gasteiger partial charge in [0.2, 0.25) is 0 Å². The van der Waals surface area contributed by atoms with Crippen molar-refractivity contribution < 1.29 is 14.6 Å². The molecule has 0 radical (unpaired) electrons. The van der Waals surface area contributed by atoms with E-state index in [1.54, 1.807) is 7.11 Å². The molecule has 1 fully saturated rings. The first-order valence-corrected chi connectivity index (χ1v) is 6.53. The van der Waals surface area contributed by atoms with Crippen LogP contribution in [0.5, 0.6) is 5.75 Å². The highest BCUT2D eigenvalue weighted by Gasteiger charge is 2.42. The van der Waals surface area contributed by atoms with Crippen LogP contribution in [0.4, 0.5) is 0 Å². The largest absolute Gasteiger partial charge is 0.486 e. The van der Waals surface area contributed by atoms with Crippen molar-refractivity contribution in [1.29, 1.82) is 0 Å². The molecule has 3 nitrogen and oxygen atoms in total. The number of halogens is 2. The molecule has 0 aliphatic heterocycles. The van der Waals surface area contributed by atoms with Gasteiger partial charge < -0.3 is 14.6 Å². The summed E-state index contributed by atoms with van der Waals surface area (Å²) >= 11 is 6.81. The zero-order valence-corrected chi connectivity index (χ0v) is 11.9. The predicted molar refractivity (Wildman–Crippen MR) is 67.7 cm³/mol. The molecule has 3 unspecified atom stereocenters. The minimum atomic E-state index is -0.413. The van der Waals surface area contributed by atoms with Crippen molar-refractivity contribution in [3.05, 3.63) is 27.1 Å². The lowest BCUT2D eigenvalue weighted by Crippen LogP contribution is -2.54. The molecule has 2 rings (SSSR count). The standard InChI is InChI=1S/C11H12Br2O3/c1-15-11-8(14)5-10(11)16-9-3-2-6(12)4-7(9)13/h2-4,8,10-11,14H,5H2,1H3. The maximum Gasteiger partial charge on any atom is 0.134 e. The molecule has 0 heterocycles. The molecule has 1 aliphatic carbocycles. The predicted octanol–water partition coefficient (Wildman–Crippen LogP) is 2.74. The summed E-state index contributed by atoms with van der Waals surface area (Å²) in [5.74, 6) is 0.766. The van der Waals surface area contributed by atoms with Crippen molar-refractivity contribution >= 4 is 31.9 Å². The molecule has 1 N–H and O–H groups in total. The van der Waals surface area contributed by atoms with E-state index in [-0.39, 0.29) is 12.2 Å². The van der Waals surface area contributed by atoms with Gasteiger partial charge in [0.25, 0.3) is 0 Å². The normalized spacial score (nSPS) is 28.6. The van der Waals surface area contributed by atoms with Crippen LogP contribution in [0, 0.1) is 0 Å². The van der Waals surface area contributed by atoms with E-state index in [1.165, 1.54) is 0 Å². The zero-order chi connectivity index (χ0) is 11.7. The molecule has 88 valence electrons. The number of hydrogen-bond donors (Lipinski definition) is 1. The number of rotatable bonds is 3. The first-order chi connectivity index (χ1) is 7.61. The highest BCUT2D eigenvalue weighted by molar-refractivity contribution is 9.11. The van der Waals surface area contributed by atoms with Crippen molar-refractivity contribution in [1.82, 2.24) is 0 Å². The number of ether oxygens (including phenoxy) is 2. The smallest absolute Gasteiger partial charge is 0.134 e. The van der Waals surface area contributed by atoms with Crippen LogP contribution in [-0.4, -0.2) is 30.5 Å². The van der Waals surface area contributed by atoms with Crippen molar-refractivity contribution in [3.63, 3.8) is 0 Å². The Kier molecular flexibility index (Phi) is 3.89. The summed E-state index contributed by atoms with van der Waals surface area (Å²) in [5, 5.41) is 9.45. The van der Waals surface area contributed by atoms with Gasteiger partial charge in [0.05, 0.1) is 10.6 Å². The molecule has 1 aromatic rings. The van der Waals surface area contributed by atoms with E-state index in [2.05, 4.69) is 31.9 Å². The summed E-state index contributed by atoms with van der Waals surface area (Å²) < 4.78 is 12.8.